The van der Waals surface area contributed by atoms with Crippen molar-refractivity contribution in [3.05, 3.63) is 85.2 Å². The molecule has 2 aromatic carbocycles. The molecule has 0 saturated heterocycles. The van der Waals surface area contributed by atoms with Crippen molar-refractivity contribution in [1.29, 1.82) is 0 Å². The van der Waals surface area contributed by atoms with Gasteiger partial charge < -0.3 is 10.6 Å². The number of hydrogen-bond acceptors (Lipinski definition) is 8. The van der Waals surface area contributed by atoms with Crippen molar-refractivity contribution in [2.45, 2.75) is 19.8 Å². The van der Waals surface area contributed by atoms with E-state index in [1.807, 2.05) is 24.3 Å². The first kappa shape index (κ1) is 25.0. The Bertz CT molecular complexity index is 1470. The highest BCUT2D eigenvalue weighted by Gasteiger charge is 2.33. The summed E-state index contributed by atoms with van der Waals surface area (Å²) in [5.74, 6) is -0.250. The minimum atomic E-state index is -3.83. The molecule has 0 radical (unpaired) electrons. The largest absolute Gasteiger partial charge is 0.325 e. The van der Waals surface area contributed by atoms with Crippen molar-refractivity contribution in [1.82, 2.24) is 9.97 Å². The summed E-state index contributed by atoms with van der Waals surface area (Å²) in [4.78, 5) is 33.4. The third kappa shape index (κ3) is 5.68. The molecule has 2 amide bonds. The standard InChI is InChI=1S/C26H20N4O4S3/c31-23(15-35-25-5-1-3-11-27-25)29-17-7-9-19-20-10-8-18(14-22(20)37(33,34)21(19)13-17)30-24(32)16-36-26-6-2-4-12-28-26/h1-14H,15-16H2,(H,29,31)(H,30,32). The van der Waals surface area contributed by atoms with Gasteiger partial charge in [-0.05, 0) is 48.5 Å². The first-order chi connectivity index (χ1) is 17.9. The van der Waals surface area contributed by atoms with Gasteiger partial charge in [-0.2, -0.15) is 0 Å². The Kier molecular flexibility index (Phi) is 7.26. The van der Waals surface area contributed by atoms with Crippen LogP contribution >= 0.6 is 23.5 Å². The van der Waals surface area contributed by atoms with Crippen LogP contribution in [0.15, 0.2) is 105 Å². The van der Waals surface area contributed by atoms with E-state index in [0.717, 1.165) is 10.1 Å². The number of thioether (sulfide) groups is 2. The monoisotopic (exact) mass is 548 g/mol. The lowest BCUT2D eigenvalue weighted by atomic mass is 10.0. The van der Waals surface area contributed by atoms with E-state index in [4.69, 9.17) is 0 Å². The van der Waals surface area contributed by atoms with E-state index in [9.17, 15) is 18.0 Å². The maximum Gasteiger partial charge on any atom is 0.234 e. The number of amides is 2. The van der Waals surface area contributed by atoms with E-state index in [-0.39, 0.29) is 33.1 Å². The number of pyridine rings is 2. The summed E-state index contributed by atoms with van der Waals surface area (Å²) in [6, 6.07) is 20.6. The summed E-state index contributed by atoms with van der Waals surface area (Å²) in [6.07, 6.45) is 3.31. The molecule has 4 aromatic rings. The molecule has 0 bridgehead atoms. The zero-order chi connectivity index (χ0) is 25.8. The van der Waals surface area contributed by atoms with Crippen LogP contribution in [0.4, 0.5) is 11.4 Å². The Morgan fingerprint density at radius 3 is 1.54 bits per heavy atom. The van der Waals surface area contributed by atoms with Crippen LogP contribution in [-0.2, 0) is 19.4 Å². The highest BCUT2D eigenvalue weighted by molar-refractivity contribution is 8.00. The fourth-order valence-electron chi connectivity index (χ4n) is 3.75. The molecular weight excluding hydrogens is 529 g/mol. The molecule has 1 aliphatic rings. The predicted octanol–water partition coefficient (Wildman–Crippen LogP) is 4.75. The van der Waals surface area contributed by atoms with E-state index in [1.54, 1.807) is 48.8 Å². The number of nitrogens with zero attached hydrogens (tertiary/aromatic N) is 2. The van der Waals surface area contributed by atoms with E-state index in [2.05, 4.69) is 20.6 Å². The minimum Gasteiger partial charge on any atom is -0.325 e. The summed E-state index contributed by atoms with van der Waals surface area (Å²) in [5.41, 5.74) is 1.89. The van der Waals surface area contributed by atoms with Crippen LogP contribution in [0.2, 0.25) is 0 Å². The van der Waals surface area contributed by atoms with Gasteiger partial charge in [0.25, 0.3) is 0 Å². The fourth-order valence-corrected chi connectivity index (χ4v) is 6.81. The number of anilines is 2. The summed E-state index contributed by atoms with van der Waals surface area (Å²) >= 11 is 2.58. The van der Waals surface area contributed by atoms with Gasteiger partial charge in [0.1, 0.15) is 0 Å². The molecular formula is C26H20N4O4S3. The molecule has 0 unspecified atom stereocenters. The van der Waals surface area contributed by atoms with Gasteiger partial charge in [0, 0.05) is 34.9 Å². The Morgan fingerprint density at radius 2 is 1.14 bits per heavy atom. The average molecular weight is 549 g/mol. The van der Waals surface area contributed by atoms with Gasteiger partial charge in [0.2, 0.25) is 21.7 Å². The topological polar surface area (TPSA) is 118 Å². The normalized spacial score (nSPS) is 12.9. The minimum absolute atomic E-state index is 0.117. The van der Waals surface area contributed by atoms with Gasteiger partial charge in [0.15, 0.2) is 0 Å². The molecule has 3 heterocycles. The average Bonchev–Trinajstić information content (AvgIpc) is 3.13. The number of benzene rings is 2. The number of sulfone groups is 1. The second-order valence-electron chi connectivity index (χ2n) is 7.93. The van der Waals surface area contributed by atoms with Gasteiger partial charge in [-0.1, -0.05) is 47.8 Å². The third-order valence-electron chi connectivity index (χ3n) is 5.38. The second-order valence-corrected chi connectivity index (χ2v) is 11.8. The molecule has 0 atom stereocenters. The Labute approximate surface area is 222 Å². The highest BCUT2D eigenvalue weighted by atomic mass is 32.2. The summed E-state index contributed by atoms with van der Waals surface area (Å²) in [7, 11) is -3.83. The van der Waals surface area contributed by atoms with Crippen LogP contribution in [0.25, 0.3) is 11.1 Å². The quantitative estimate of drug-likeness (QED) is 0.267. The number of aromatic nitrogens is 2. The van der Waals surface area contributed by atoms with Gasteiger partial charge >= 0.3 is 0 Å². The molecule has 5 rings (SSSR count). The molecule has 11 heteroatoms. The lowest BCUT2D eigenvalue weighted by Crippen LogP contribution is -2.14. The summed E-state index contributed by atoms with van der Waals surface area (Å²) in [5, 5.41) is 6.96. The maximum atomic E-state index is 13.3. The van der Waals surface area contributed by atoms with Crippen LogP contribution in [0.3, 0.4) is 0 Å². The first-order valence-corrected chi connectivity index (χ1v) is 14.6. The smallest absolute Gasteiger partial charge is 0.234 e. The van der Waals surface area contributed by atoms with E-state index in [0.29, 0.717) is 22.5 Å². The van der Waals surface area contributed by atoms with E-state index < -0.39 is 9.84 Å². The van der Waals surface area contributed by atoms with Crippen LogP contribution in [0, 0.1) is 0 Å². The van der Waals surface area contributed by atoms with Gasteiger partial charge in [0.05, 0.1) is 31.3 Å². The molecule has 37 heavy (non-hydrogen) atoms. The van der Waals surface area contributed by atoms with Crippen molar-refractivity contribution < 1.29 is 18.0 Å². The number of carbonyl (C=O) groups excluding carboxylic acids is 2. The zero-order valence-electron chi connectivity index (χ0n) is 19.2. The van der Waals surface area contributed by atoms with Crippen molar-refractivity contribution in [2.75, 3.05) is 22.1 Å². The van der Waals surface area contributed by atoms with E-state index >= 15 is 0 Å². The fraction of sp³-hybridized carbons (Fsp3) is 0.0769. The third-order valence-corrected chi connectivity index (χ3v) is 9.10. The van der Waals surface area contributed by atoms with Gasteiger partial charge in [-0.25, -0.2) is 18.4 Å². The molecule has 2 N–H and O–H groups in total. The maximum absolute atomic E-state index is 13.3. The Hall–Kier alpha value is -3.67. The van der Waals surface area contributed by atoms with Crippen LogP contribution in [-0.4, -0.2) is 41.7 Å². The lowest BCUT2D eigenvalue weighted by molar-refractivity contribution is -0.114. The summed E-state index contributed by atoms with van der Waals surface area (Å²) in [6.45, 7) is 0. The van der Waals surface area contributed by atoms with Crippen molar-refractivity contribution in [3.8, 4) is 11.1 Å². The predicted molar refractivity (Wildman–Crippen MR) is 145 cm³/mol. The van der Waals surface area contributed by atoms with Crippen LogP contribution in [0.1, 0.15) is 0 Å². The molecule has 2 aromatic heterocycles. The highest BCUT2D eigenvalue weighted by Crippen LogP contribution is 2.45. The summed E-state index contributed by atoms with van der Waals surface area (Å²) < 4.78 is 26.6. The lowest BCUT2D eigenvalue weighted by Gasteiger charge is -2.07. The molecule has 0 fully saturated rings. The van der Waals surface area contributed by atoms with Crippen molar-refractivity contribution in [2.24, 2.45) is 0 Å². The first-order valence-electron chi connectivity index (χ1n) is 11.1. The number of hydrogen-bond donors (Lipinski definition) is 2. The van der Waals surface area contributed by atoms with Crippen molar-refractivity contribution in [3.63, 3.8) is 0 Å². The molecule has 8 nitrogen and oxygen atoms in total. The van der Waals surface area contributed by atoms with E-state index in [1.165, 1.54) is 35.7 Å². The van der Waals surface area contributed by atoms with Gasteiger partial charge in [-0.3, -0.25) is 9.59 Å². The SMILES string of the molecule is O=C(CSc1ccccn1)Nc1ccc2c(c1)S(=O)(=O)c1cc(NC(=O)CSc3ccccn3)ccc1-2. The van der Waals surface area contributed by atoms with Crippen LogP contribution < -0.4 is 10.6 Å². The second kappa shape index (κ2) is 10.8. The number of rotatable bonds is 8. The molecule has 0 spiro atoms. The Morgan fingerprint density at radius 1 is 0.676 bits per heavy atom. The number of nitrogens with one attached hydrogen (secondary N) is 2. The molecule has 0 saturated carbocycles. The Balaban J connectivity index is 1.27. The molecule has 1 aliphatic heterocycles. The molecule has 186 valence electrons. The zero-order valence-corrected chi connectivity index (χ0v) is 21.7. The van der Waals surface area contributed by atoms with Crippen molar-refractivity contribution >= 4 is 56.6 Å². The number of carbonyl (C=O) groups is 2. The number of fused-ring (bicyclic) bond motifs is 3. The van der Waals surface area contributed by atoms with Gasteiger partial charge in [-0.15, -0.1) is 0 Å². The molecule has 0 aliphatic carbocycles. The van der Waals surface area contributed by atoms with Crippen LogP contribution in [0.5, 0.6) is 0 Å².